The summed E-state index contributed by atoms with van der Waals surface area (Å²) in [7, 11) is 0. The van der Waals surface area contributed by atoms with E-state index in [-0.39, 0.29) is 0 Å². The predicted octanol–water partition coefficient (Wildman–Crippen LogP) is 2.56. The molecule has 0 saturated carbocycles. The summed E-state index contributed by atoms with van der Waals surface area (Å²) in [4.78, 5) is 9.24. The topological polar surface area (TPSA) is 79.5 Å². The molecule has 0 spiro atoms. The van der Waals surface area contributed by atoms with Gasteiger partial charge in [0, 0.05) is 24.0 Å². The fourth-order valence-corrected chi connectivity index (χ4v) is 3.16. The van der Waals surface area contributed by atoms with Crippen molar-refractivity contribution in [3.8, 4) is 0 Å². The molecular weight excluding hydrogens is 334 g/mol. The van der Waals surface area contributed by atoms with Crippen molar-refractivity contribution in [2.45, 2.75) is 39.8 Å². The Morgan fingerprint density at radius 1 is 1.28 bits per heavy atom. The summed E-state index contributed by atoms with van der Waals surface area (Å²) < 4.78 is 1.96. The molecule has 2 N–H and O–H groups in total. The first-order valence-electron chi connectivity index (χ1n) is 8.42. The standard InChI is InChI=1S/C17H23N7S/c1-4-18-17(19-9-13-11-25-16(21-13)12(2)3)20-10-15-23-22-14-7-5-6-8-24(14)15/h5-8,11-12H,4,9-10H2,1-3H3,(H2,18,19,20). The number of hydrogen-bond acceptors (Lipinski definition) is 5. The van der Waals surface area contributed by atoms with Crippen LogP contribution in [0.5, 0.6) is 0 Å². The molecular formula is C17H23N7S. The molecule has 0 aromatic carbocycles. The number of pyridine rings is 1. The van der Waals surface area contributed by atoms with Gasteiger partial charge in [0.05, 0.1) is 23.8 Å². The fourth-order valence-electron chi connectivity index (χ4n) is 2.34. The van der Waals surface area contributed by atoms with Crippen LogP contribution >= 0.6 is 11.3 Å². The molecule has 7 nitrogen and oxygen atoms in total. The van der Waals surface area contributed by atoms with Crippen molar-refractivity contribution >= 4 is 22.9 Å². The van der Waals surface area contributed by atoms with Crippen LogP contribution in [0.15, 0.2) is 34.8 Å². The number of nitrogens with zero attached hydrogens (tertiary/aromatic N) is 5. The lowest BCUT2D eigenvalue weighted by atomic mass is 10.2. The van der Waals surface area contributed by atoms with Gasteiger partial charge in [-0.05, 0) is 19.1 Å². The lowest BCUT2D eigenvalue weighted by molar-refractivity contribution is 0.763. The van der Waals surface area contributed by atoms with Gasteiger partial charge in [-0.25, -0.2) is 9.98 Å². The average molecular weight is 357 g/mol. The molecule has 0 radical (unpaired) electrons. The first kappa shape index (κ1) is 17.3. The Hall–Kier alpha value is -2.48. The van der Waals surface area contributed by atoms with Crippen LogP contribution in [0.2, 0.25) is 0 Å². The molecule has 3 aromatic heterocycles. The van der Waals surface area contributed by atoms with Crippen LogP contribution in [-0.2, 0) is 13.1 Å². The third-order valence-electron chi connectivity index (χ3n) is 3.61. The summed E-state index contributed by atoms with van der Waals surface area (Å²) in [6, 6.07) is 5.85. The Kier molecular flexibility index (Phi) is 5.60. The van der Waals surface area contributed by atoms with E-state index in [1.54, 1.807) is 11.3 Å². The molecule has 0 aliphatic carbocycles. The minimum atomic E-state index is 0.454. The highest BCUT2D eigenvalue weighted by Crippen LogP contribution is 2.19. The van der Waals surface area contributed by atoms with E-state index in [0.717, 1.165) is 34.7 Å². The van der Waals surface area contributed by atoms with Gasteiger partial charge >= 0.3 is 0 Å². The predicted molar refractivity (Wildman–Crippen MR) is 101 cm³/mol. The van der Waals surface area contributed by atoms with E-state index in [1.807, 2.05) is 35.7 Å². The average Bonchev–Trinajstić information content (AvgIpc) is 3.24. The van der Waals surface area contributed by atoms with Crippen LogP contribution in [0.3, 0.4) is 0 Å². The van der Waals surface area contributed by atoms with E-state index in [0.29, 0.717) is 19.0 Å². The summed E-state index contributed by atoms with van der Waals surface area (Å²) in [6.45, 7) is 8.25. The molecule has 3 rings (SSSR count). The lowest BCUT2D eigenvalue weighted by Crippen LogP contribution is -2.37. The number of fused-ring (bicyclic) bond motifs is 1. The monoisotopic (exact) mass is 357 g/mol. The SMILES string of the molecule is CCNC(=NCc1csc(C(C)C)n1)NCc1nnc2ccccn12. The second-order valence-corrected chi connectivity index (χ2v) is 6.82. The van der Waals surface area contributed by atoms with Crippen molar-refractivity contribution < 1.29 is 0 Å². The van der Waals surface area contributed by atoms with Crippen molar-refractivity contribution in [2.24, 2.45) is 4.99 Å². The van der Waals surface area contributed by atoms with Crippen LogP contribution in [0.4, 0.5) is 0 Å². The normalized spacial score (nSPS) is 12.1. The Morgan fingerprint density at radius 2 is 2.16 bits per heavy atom. The summed E-state index contributed by atoms with van der Waals surface area (Å²) in [5.41, 5.74) is 1.84. The van der Waals surface area contributed by atoms with Crippen molar-refractivity contribution in [3.05, 3.63) is 46.3 Å². The number of aliphatic imine (C=N–C) groups is 1. The van der Waals surface area contributed by atoms with Gasteiger partial charge in [0.15, 0.2) is 17.4 Å². The Morgan fingerprint density at radius 3 is 2.92 bits per heavy atom. The van der Waals surface area contributed by atoms with Crippen molar-refractivity contribution in [3.63, 3.8) is 0 Å². The van der Waals surface area contributed by atoms with Gasteiger partial charge in [0.2, 0.25) is 0 Å². The number of rotatable bonds is 6. The zero-order valence-corrected chi connectivity index (χ0v) is 15.5. The summed E-state index contributed by atoms with van der Waals surface area (Å²) in [5.74, 6) is 2.04. The first-order valence-corrected chi connectivity index (χ1v) is 9.30. The lowest BCUT2D eigenvalue weighted by Gasteiger charge is -2.10. The molecule has 0 aliphatic rings. The van der Waals surface area contributed by atoms with E-state index >= 15 is 0 Å². The Balaban J connectivity index is 1.65. The minimum absolute atomic E-state index is 0.454. The molecule has 0 amide bonds. The third-order valence-corrected chi connectivity index (χ3v) is 4.80. The van der Waals surface area contributed by atoms with Crippen molar-refractivity contribution in [1.29, 1.82) is 0 Å². The van der Waals surface area contributed by atoms with Crippen molar-refractivity contribution in [2.75, 3.05) is 6.54 Å². The van der Waals surface area contributed by atoms with E-state index in [2.05, 4.69) is 50.0 Å². The highest BCUT2D eigenvalue weighted by Gasteiger charge is 2.07. The van der Waals surface area contributed by atoms with E-state index < -0.39 is 0 Å². The Bertz CT molecular complexity index is 849. The highest BCUT2D eigenvalue weighted by molar-refractivity contribution is 7.09. The van der Waals surface area contributed by atoms with Crippen LogP contribution < -0.4 is 10.6 Å². The van der Waals surface area contributed by atoms with E-state index in [9.17, 15) is 0 Å². The second-order valence-electron chi connectivity index (χ2n) is 5.93. The van der Waals surface area contributed by atoms with Crippen LogP contribution in [-0.4, -0.2) is 32.1 Å². The summed E-state index contributed by atoms with van der Waals surface area (Å²) >= 11 is 1.69. The maximum Gasteiger partial charge on any atom is 0.192 e. The zero-order valence-electron chi connectivity index (χ0n) is 14.7. The number of hydrogen-bond donors (Lipinski definition) is 2. The van der Waals surface area contributed by atoms with Gasteiger partial charge in [0.1, 0.15) is 0 Å². The van der Waals surface area contributed by atoms with Crippen molar-refractivity contribution in [1.82, 2.24) is 30.2 Å². The fraction of sp³-hybridized carbons (Fsp3) is 0.412. The molecule has 25 heavy (non-hydrogen) atoms. The maximum atomic E-state index is 4.62. The van der Waals surface area contributed by atoms with E-state index in [4.69, 9.17) is 0 Å². The zero-order chi connectivity index (χ0) is 17.6. The van der Waals surface area contributed by atoms with Gasteiger partial charge in [-0.2, -0.15) is 0 Å². The maximum absolute atomic E-state index is 4.62. The number of guanidine groups is 1. The van der Waals surface area contributed by atoms with Gasteiger partial charge in [-0.3, -0.25) is 4.40 Å². The third kappa shape index (κ3) is 4.33. The molecule has 8 heteroatoms. The second kappa shape index (κ2) is 8.06. The molecule has 132 valence electrons. The van der Waals surface area contributed by atoms with Gasteiger partial charge in [0.25, 0.3) is 0 Å². The first-order chi connectivity index (χ1) is 12.2. The van der Waals surface area contributed by atoms with Gasteiger partial charge < -0.3 is 10.6 Å². The van der Waals surface area contributed by atoms with E-state index in [1.165, 1.54) is 0 Å². The quantitative estimate of drug-likeness (QED) is 0.523. The molecule has 3 heterocycles. The smallest absolute Gasteiger partial charge is 0.192 e. The molecule has 0 fully saturated rings. The molecule has 3 aromatic rings. The highest BCUT2D eigenvalue weighted by atomic mass is 32.1. The molecule has 0 aliphatic heterocycles. The summed E-state index contributed by atoms with van der Waals surface area (Å²) in [5, 5.41) is 18.2. The molecule has 0 atom stereocenters. The van der Waals surface area contributed by atoms with Crippen LogP contribution in [0.25, 0.3) is 5.65 Å². The number of aromatic nitrogens is 4. The molecule has 0 unspecified atom stereocenters. The number of thiazole rings is 1. The van der Waals surface area contributed by atoms with Crippen LogP contribution in [0, 0.1) is 0 Å². The van der Waals surface area contributed by atoms with Gasteiger partial charge in [-0.15, -0.1) is 21.5 Å². The van der Waals surface area contributed by atoms with Gasteiger partial charge in [-0.1, -0.05) is 19.9 Å². The largest absolute Gasteiger partial charge is 0.357 e. The van der Waals surface area contributed by atoms with Crippen LogP contribution in [0.1, 0.15) is 43.2 Å². The molecule has 0 saturated heterocycles. The molecule has 0 bridgehead atoms. The summed E-state index contributed by atoms with van der Waals surface area (Å²) in [6.07, 6.45) is 1.96. The Labute approximate surface area is 151 Å². The minimum Gasteiger partial charge on any atom is -0.357 e. The number of nitrogens with one attached hydrogen (secondary N) is 2.